The summed E-state index contributed by atoms with van der Waals surface area (Å²) in [6.07, 6.45) is 15.6. The molecule has 0 aromatic heterocycles. The van der Waals surface area contributed by atoms with Gasteiger partial charge in [0.25, 0.3) is 0 Å². The van der Waals surface area contributed by atoms with E-state index >= 15 is 0 Å². The lowest BCUT2D eigenvalue weighted by molar-refractivity contribution is 0.979. The van der Waals surface area contributed by atoms with Crippen LogP contribution in [0.2, 0.25) is 0 Å². The maximum Gasteiger partial charge on any atom is -0.0000732 e. The minimum absolute atomic E-state index is 0.550. The number of hydrogen-bond acceptors (Lipinski definition) is 0. The maximum atomic E-state index is 2.27. The van der Waals surface area contributed by atoms with Gasteiger partial charge in [-0.05, 0) is 84.5 Å². The summed E-state index contributed by atoms with van der Waals surface area (Å²) in [5, 5.41) is 8.39. The van der Waals surface area contributed by atoms with Gasteiger partial charge in [-0.1, -0.05) is 153 Å². The van der Waals surface area contributed by atoms with Crippen molar-refractivity contribution in [1.29, 1.82) is 0 Å². The highest BCUT2D eigenvalue weighted by Crippen LogP contribution is 2.34. The smallest absolute Gasteiger partial charge is 0.0000732 e. The summed E-state index contributed by atoms with van der Waals surface area (Å²) in [5.74, 6) is 0.550. The van der Waals surface area contributed by atoms with Crippen LogP contribution >= 0.6 is 0 Å². The van der Waals surface area contributed by atoms with Gasteiger partial charge in [-0.15, -0.1) is 0 Å². The van der Waals surface area contributed by atoms with Crippen LogP contribution < -0.4 is 0 Å². The molecule has 0 aliphatic heterocycles. The fourth-order valence-corrected chi connectivity index (χ4v) is 6.41. The minimum atomic E-state index is 0.550. The normalized spacial score (nSPS) is 15.4. The van der Waals surface area contributed by atoms with E-state index in [-0.39, 0.29) is 0 Å². The second kappa shape index (κ2) is 10.5. The van der Waals surface area contributed by atoms with E-state index in [9.17, 15) is 0 Å². The summed E-state index contributed by atoms with van der Waals surface area (Å²) >= 11 is 0. The third-order valence-corrected chi connectivity index (χ3v) is 8.34. The SMILES string of the molecule is C1=Cc2cccc3cccc(c23)C1.C1=Cc2cccc3cccc(c23)C1.CC1C=Cc2cccc3cccc1c23. The fraction of sp³-hybridized carbons (Fsp3) is 0.100. The van der Waals surface area contributed by atoms with Crippen molar-refractivity contribution >= 4 is 50.5 Å². The zero-order valence-corrected chi connectivity index (χ0v) is 22.8. The van der Waals surface area contributed by atoms with Gasteiger partial charge in [0.15, 0.2) is 0 Å². The standard InChI is InChI=1S/C14H12.2C13H10/c1-10-8-9-12-5-2-4-11-6-3-7-13(10)14(11)12;2*1-4-10-6-2-8-12-9-3-7-11(5-1)13(10)12/h2-10H,1H3;2*1-8H,9H2. The molecule has 0 fully saturated rings. The quantitative estimate of drug-likeness (QED) is 0.190. The van der Waals surface area contributed by atoms with Crippen LogP contribution in [0.1, 0.15) is 46.2 Å². The van der Waals surface area contributed by atoms with Crippen molar-refractivity contribution in [2.75, 3.05) is 0 Å². The number of allylic oxidation sites excluding steroid dienone is 3. The molecule has 3 aliphatic rings. The van der Waals surface area contributed by atoms with Crippen LogP contribution in [0.15, 0.2) is 127 Å². The molecule has 3 aliphatic carbocycles. The van der Waals surface area contributed by atoms with E-state index in [1.54, 1.807) is 0 Å². The molecule has 0 nitrogen and oxygen atoms in total. The summed E-state index contributed by atoms with van der Waals surface area (Å²) in [4.78, 5) is 0. The molecule has 0 radical (unpaired) electrons. The lowest BCUT2D eigenvalue weighted by Gasteiger charge is -2.17. The fourth-order valence-electron chi connectivity index (χ4n) is 6.41. The number of benzene rings is 6. The van der Waals surface area contributed by atoms with Gasteiger partial charge in [-0.2, -0.15) is 0 Å². The molecule has 0 N–H and O–H groups in total. The van der Waals surface area contributed by atoms with Crippen molar-refractivity contribution in [1.82, 2.24) is 0 Å². The third kappa shape index (κ3) is 4.46. The Kier molecular flexibility index (Phi) is 6.38. The van der Waals surface area contributed by atoms with Crippen LogP contribution in [0.5, 0.6) is 0 Å². The van der Waals surface area contributed by atoms with Gasteiger partial charge in [0.05, 0.1) is 0 Å². The first-order valence-electron chi connectivity index (χ1n) is 14.3. The Hall–Kier alpha value is -4.68. The van der Waals surface area contributed by atoms with Crippen LogP contribution in [-0.4, -0.2) is 0 Å². The molecule has 0 saturated heterocycles. The van der Waals surface area contributed by atoms with Crippen molar-refractivity contribution in [2.45, 2.75) is 25.7 Å². The number of rotatable bonds is 0. The Labute approximate surface area is 236 Å². The van der Waals surface area contributed by atoms with Crippen molar-refractivity contribution in [3.8, 4) is 0 Å². The molecule has 192 valence electrons. The van der Waals surface area contributed by atoms with Gasteiger partial charge in [0.1, 0.15) is 0 Å². The monoisotopic (exact) mass is 512 g/mol. The first-order valence-corrected chi connectivity index (χ1v) is 14.3. The van der Waals surface area contributed by atoms with Crippen molar-refractivity contribution in [3.63, 3.8) is 0 Å². The highest BCUT2D eigenvalue weighted by molar-refractivity contribution is 5.97. The van der Waals surface area contributed by atoms with E-state index in [2.05, 4.69) is 153 Å². The molecule has 40 heavy (non-hydrogen) atoms. The molecule has 0 spiro atoms. The Bertz CT molecular complexity index is 1850. The van der Waals surface area contributed by atoms with Crippen LogP contribution in [0.3, 0.4) is 0 Å². The van der Waals surface area contributed by atoms with Gasteiger partial charge >= 0.3 is 0 Å². The molecular formula is C40H32. The predicted octanol–water partition coefficient (Wildman–Crippen LogP) is 10.8. The zero-order chi connectivity index (χ0) is 26.9. The Morgan fingerprint density at radius 1 is 0.450 bits per heavy atom. The first-order chi connectivity index (χ1) is 19.8. The molecule has 6 aromatic carbocycles. The summed E-state index contributed by atoms with van der Waals surface area (Å²) in [6.45, 7) is 2.25. The van der Waals surface area contributed by atoms with Crippen molar-refractivity contribution in [2.24, 2.45) is 0 Å². The predicted molar refractivity (Wildman–Crippen MR) is 175 cm³/mol. The Balaban J connectivity index is 0.0000000993. The summed E-state index contributed by atoms with van der Waals surface area (Å²) < 4.78 is 0. The topological polar surface area (TPSA) is 0 Å². The van der Waals surface area contributed by atoms with Gasteiger partial charge in [-0.25, -0.2) is 0 Å². The second-order valence-corrected chi connectivity index (χ2v) is 10.9. The van der Waals surface area contributed by atoms with Gasteiger partial charge in [0, 0.05) is 0 Å². The number of hydrogen-bond donors (Lipinski definition) is 0. The highest BCUT2D eigenvalue weighted by Gasteiger charge is 2.12. The highest BCUT2D eigenvalue weighted by atomic mass is 14.2. The Morgan fingerprint density at radius 2 is 0.875 bits per heavy atom. The zero-order valence-electron chi connectivity index (χ0n) is 22.8. The molecule has 1 unspecified atom stereocenters. The van der Waals surface area contributed by atoms with E-state index in [1.165, 1.54) is 65.7 Å². The van der Waals surface area contributed by atoms with Crippen LogP contribution in [-0.2, 0) is 12.8 Å². The lowest BCUT2D eigenvalue weighted by Crippen LogP contribution is -1.96. The van der Waals surface area contributed by atoms with Crippen LogP contribution in [0.25, 0.3) is 50.5 Å². The average molecular weight is 513 g/mol. The minimum Gasteiger partial charge on any atom is -0.0795 e. The molecule has 1 atom stereocenters. The van der Waals surface area contributed by atoms with Crippen molar-refractivity contribution in [3.05, 3.63) is 161 Å². The van der Waals surface area contributed by atoms with E-state index < -0.39 is 0 Å². The maximum absolute atomic E-state index is 2.27. The van der Waals surface area contributed by atoms with E-state index in [4.69, 9.17) is 0 Å². The largest absolute Gasteiger partial charge is 0.0795 e. The molecule has 9 rings (SSSR count). The summed E-state index contributed by atoms with van der Waals surface area (Å²) in [6, 6.07) is 39.1. The second-order valence-electron chi connectivity index (χ2n) is 10.9. The molecule has 0 bridgehead atoms. The first kappa shape index (κ1) is 24.4. The lowest BCUT2D eigenvalue weighted by atomic mass is 9.87. The average Bonchev–Trinajstić information content (AvgIpc) is 3.01. The van der Waals surface area contributed by atoms with Crippen molar-refractivity contribution < 1.29 is 0 Å². The molecule has 0 heteroatoms. The Morgan fingerprint density at radius 3 is 1.40 bits per heavy atom. The molecular weight excluding hydrogens is 480 g/mol. The van der Waals surface area contributed by atoms with Gasteiger partial charge in [0.2, 0.25) is 0 Å². The molecule has 6 aromatic rings. The summed E-state index contributed by atoms with van der Waals surface area (Å²) in [5.41, 5.74) is 8.45. The third-order valence-electron chi connectivity index (χ3n) is 8.34. The van der Waals surface area contributed by atoms with Crippen LogP contribution in [0.4, 0.5) is 0 Å². The van der Waals surface area contributed by atoms with E-state index in [0.717, 1.165) is 12.8 Å². The van der Waals surface area contributed by atoms with Gasteiger partial charge in [-0.3, -0.25) is 0 Å². The van der Waals surface area contributed by atoms with Gasteiger partial charge < -0.3 is 0 Å². The summed E-state index contributed by atoms with van der Waals surface area (Å²) in [7, 11) is 0. The van der Waals surface area contributed by atoms with E-state index in [0.29, 0.717) is 5.92 Å². The molecule has 0 saturated carbocycles. The van der Waals surface area contributed by atoms with E-state index in [1.807, 2.05) is 0 Å². The van der Waals surface area contributed by atoms with Crippen LogP contribution in [0, 0.1) is 0 Å². The molecule has 0 amide bonds. The molecule has 0 heterocycles.